The molecule has 1 saturated heterocycles. The van der Waals surface area contributed by atoms with E-state index in [9.17, 15) is 19.1 Å². The van der Waals surface area contributed by atoms with Gasteiger partial charge in [-0.3, -0.25) is 14.5 Å². The van der Waals surface area contributed by atoms with Gasteiger partial charge in [0.25, 0.3) is 5.78 Å². The van der Waals surface area contributed by atoms with E-state index in [0.29, 0.717) is 23.1 Å². The molecule has 0 saturated carbocycles. The standard InChI is InChI=1S/C29H25FN2O4S/c1-3-15-36-21-12-8-18(9-13-21)25-24(26(33)19-6-10-20(30)11-7-19)27(34)28(35)32(25)29-31-22-14-5-17(4-2)16-23(22)37-29/h5-14,16,25,33H,3-4,15H2,1-2H3/t25-/m1/s1. The summed E-state index contributed by atoms with van der Waals surface area (Å²) in [5.74, 6) is -1.79. The molecule has 2 heterocycles. The molecular weight excluding hydrogens is 491 g/mol. The van der Waals surface area contributed by atoms with Crippen molar-refractivity contribution in [2.24, 2.45) is 0 Å². The lowest BCUT2D eigenvalue weighted by Crippen LogP contribution is -2.29. The van der Waals surface area contributed by atoms with Crippen molar-refractivity contribution in [2.75, 3.05) is 11.5 Å². The van der Waals surface area contributed by atoms with E-state index in [0.717, 1.165) is 28.6 Å². The number of amides is 1. The highest BCUT2D eigenvalue weighted by Crippen LogP contribution is 2.44. The van der Waals surface area contributed by atoms with Crippen molar-refractivity contribution in [3.05, 3.63) is 94.8 Å². The van der Waals surface area contributed by atoms with Crippen LogP contribution in [0.2, 0.25) is 0 Å². The Morgan fingerprint density at radius 3 is 2.46 bits per heavy atom. The van der Waals surface area contributed by atoms with Crippen LogP contribution in [0.25, 0.3) is 16.0 Å². The SMILES string of the molecule is CCCOc1ccc([C@@H]2C(=C(O)c3ccc(F)cc3)C(=O)C(=O)N2c2nc3ccc(CC)cc3s2)cc1. The zero-order valence-corrected chi connectivity index (χ0v) is 21.2. The van der Waals surface area contributed by atoms with Crippen molar-refractivity contribution in [1.29, 1.82) is 0 Å². The van der Waals surface area contributed by atoms with E-state index in [-0.39, 0.29) is 16.9 Å². The molecule has 4 aromatic rings. The zero-order chi connectivity index (χ0) is 26.1. The maximum atomic E-state index is 13.5. The highest BCUT2D eigenvalue weighted by molar-refractivity contribution is 7.22. The van der Waals surface area contributed by atoms with Crippen LogP contribution in [-0.4, -0.2) is 28.4 Å². The van der Waals surface area contributed by atoms with Crippen molar-refractivity contribution < 1.29 is 23.8 Å². The second kappa shape index (κ2) is 10.1. The molecule has 3 aromatic carbocycles. The van der Waals surface area contributed by atoms with Crippen molar-refractivity contribution in [3.8, 4) is 5.75 Å². The number of aliphatic hydroxyl groups is 1. The first-order chi connectivity index (χ1) is 17.9. The Morgan fingerprint density at radius 1 is 1.05 bits per heavy atom. The average molecular weight is 517 g/mol. The van der Waals surface area contributed by atoms with E-state index < -0.39 is 23.5 Å². The van der Waals surface area contributed by atoms with Crippen LogP contribution >= 0.6 is 11.3 Å². The van der Waals surface area contributed by atoms with Crippen LogP contribution in [-0.2, 0) is 16.0 Å². The number of carbonyl (C=O) groups is 2. The first-order valence-corrected chi connectivity index (χ1v) is 12.9. The van der Waals surface area contributed by atoms with Crippen LogP contribution in [0.1, 0.15) is 43.0 Å². The van der Waals surface area contributed by atoms with E-state index >= 15 is 0 Å². The summed E-state index contributed by atoms with van der Waals surface area (Å²) in [4.78, 5) is 32.8. The van der Waals surface area contributed by atoms with Gasteiger partial charge in [0.05, 0.1) is 28.4 Å². The number of rotatable bonds is 7. The molecule has 0 aliphatic carbocycles. The van der Waals surface area contributed by atoms with Gasteiger partial charge in [-0.15, -0.1) is 0 Å². The zero-order valence-electron chi connectivity index (χ0n) is 20.4. The van der Waals surface area contributed by atoms with E-state index in [4.69, 9.17) is 4.74 Å². The topological polar surface area (TPSA) is 79.7 Å². The number of thiazole rings is 1. The molecular formula is C29H25FN2O4S. The lowest BCUT2D eigenvalue weighted by Gasteiger charge is -2.23. The van der Waals surface area contributed by atoms with Crippen molar-refractivity contribution >= 4 is 44.1 Å². The van der Waals surface area contributed by atoms with Gasteiger partial charge in [0.15, 0.2) is 5.13 Å². The number of hydrogen-bond donors (Lipinski definition) is 1. The number of fused-ring (bicyclic) bond motifs is 1. The predicted molar refractivity (Wildman–Crippen MR) is 142 cm³/mol. The van der Waals surface area contributed by atoms with Gasteiger partial charge in [0.1, 0.15) is 17.3 Å². The van der Waals surface area contributed by atoms with Gasteiger partial charge in [-0.05, 0) is 72.5 Å². The molecule has 5 rings (SSSR count). The molecule has 1 atom stereocenters. The van der Waals surface area contributed by atoms with Crippen LogP contribution in [0.5, 0.6) is 5.75 Å². The van der Waals surface area contributed by atoms with Gasteiger partial charge in [-0.1, -0.05) is 43.4 Å². The van der Waals surface area contributed by atoms with E-state index in [1.54, 1.807) is 24.3 Å². The summed E-state index contributed by atoms with van der Waals surface area (Å²) in [6.07, 6.45) is 1.72. The smallest absolute Gasteiger partial charge is 0.301 e. The van der Waals surface area contributed by atoms with Crippen LogP contribution in [0, 0.1) is 5.82 Å². The monoisotopic (exact) mass is 516 g/mol. The number of ketones is 1. The summed E-state index contributed by atoms with van der Waals surface area (Å²) in [7, 11) is 0. The lowest BCUT2D eigenvalue weighted by atomic mass is 9.95. The number of anilines is 1. The molecule has 6 nitrogen and oxygen atoms in total. The Labute approximate surface area is 217 Å². The number of aliphatic hydroxyl groups excluding tert-OH is 1. The highest BCUT2D eigenvalue weighted by Gasteiger charge is 2.48. The average Bonchev–Trinajstić information content (AvgIpc) is 3.45. The third kappa shape index (κ3) is 4.60. The second-order valence-electron chi connectivity index (χ2n) is 8.75. The fourth-order valence-electron chi connectivity index (χ4n) is 4.35. The van der Waals surface area contributed by atoms with Gasteiger partial charge in [0, 0.05) is 5.56 Å². The van der Waals surface area contributed by atoms with Gasteiger partial charge >= 0.3 is 5.91 Å². The number of ether oxygens (including phenoxy) is 1. The second-order valence-corrected chi connectivity index (χ2v) is 9.75. The Hall–Kier alpha value is -4.04. The summed E-state index contributed by atoms with van der Waals surface area (Å²) in [5, 5.41) is 11.6. The minimum atomic E-state index is -0.920. The third-order valence-corrected chi connectivity index (χ3v) is 7.30. The molecule has 188 valence electrons. The summed E-state index contributed by atoms with van der Waals surface area (Å²) in [5.41, 5.74) is 2.64. The Bertz CT molecular complexity index is 1510. The molecule has 1 fully saturated rings. The minimum absolute atomic E-state index is 0.0765. The number of hydrogen-bond acceptors (Lipinski definition) is 6. The Balaban J connectivity index is 1.66. The highest BCUT2D eigenvalue weighted by atomic mass is 32.1. The van der Waals surface area contributed by atoms with Crippen molar-refractivity contribution in [3.63, 3.8) is 0 Å². The predicted octanol–water partition coefficient (Wildman–Crippen LogP) is 6.41. The molecule has 0 bridgehead atoms. The molecule has 1 amide bonds. The van der Waals surface area contributed by atoms with E-state index in [1.165, 1.54) is 40.5 Å². The fraction of sp³-hybridized carbons (Fsp3) is 0.207. The number of halogens is 1. The molecule has 0 spiro atoms. The summed E-state index contributed by atoms with van der Waals surface area (Å²) >= 11 is 1.32. The Morgan fingerprint density at radius 2 is 1.78 bits per heavy atom. The summed E-state index contributed by atoms with van der Waals surface area (Å²) < 4.78 is 20.1. The Kier molecular flexibility index (Phi) is 6.76. The number of carbonyl (C=O) groups excluding carboxylic acids is 2. The van der Waals surface area contributed by atoms with Crippen molar-refractivity contribution in [2.45, 2.75) is 32.7 Å². The molecule has 1 aliphatic rings. The largest absolute Gasteiger partial charge is 0.507 e. The normalized spacial score (nSPS) is 17.1. The van der Waals surface area contributed by atoms with Gasteiger partial charge in [0.2, 0.25) is 0 Å². The molecule has 0 radical (unpaired) electrons. The molecule has 8 heteroatoms. The molecule has 1 N–H and O–H groups in total. The maximum absolute atomic E-state index is 13.5. The van der Waals surface area contributed by atoms with Crippen LogP contribution in [0.15, 0.2) is 72.3 Å². The van der Waals surface area contributed by atoms with Gasteiger partial charge in [-0.25, -0.2) is 9.37 Å². The minimum Gasteiger partial charge on any atom is -0.507 e. The lowest BCUT2D eigenvalue weighted by molar-refractivity contribution is -0.132. The number of Topliss-reactive ketones (excluding diaryl/α,β-unsaturated/α-hetero) is 1. The summed E-state index contributed by atoms with van der Waals surface area (Å²) in [6, 6.07) is 17.2. The van der Waals surface area contributed by atoms with Crippen molar-refractivity contribution in [1.82, 2.24) is 4.98 Å². The number of nitrogens with zero attached hydrogens (tertiary/aromatic N) is 2. The summed E-state index contributed by atoms with van der Waals surface area (Å²) in [6.45, 7) is 4.64. The van der Waals surface area contributed by atoms with Gasteiger partial charge < -0.3 is 9.84 Å². The third-order valence-electron chi connectivity index (χ3n) is 6.29. The molecule has 37 heavy (non-hydrogen) atoms. The van der Waals surface area contributed by atoms with E-state index in [1.807, 2.05) is 25.1 Å². The molecule has 1 aromatic heterocycles. The van der Waals surface area contributed by atoms with Crippen LogP contribution in [0.4, 0.5) is 9.52 Å². The number of benzene rings is 3. The fourth-order valence-corrected chi connectivity index (χ4v) is 5.41. The van der Waals surface area contributed by atoms with E-state index in [2.05, 4.69) is 11.9 Å². The first-order valence-electron chi connectivity index (χ1n) is 12.1. The maximum Gasteiger partial charge on any atom is 0.301 e. The quantitative estimate of drug-likeness (QED) is 0.174. The van der Waals surface area contributed by atoms with Gasteiger partial charge in [-0.2, -0.15) is 0 Å². The number of aryl methyl sites for hydroxylation is 1. The first kappa shape index (κ1) is 24.6. The number of aromatic nitrogens is 1. The molecule has 1 aliphatic heterocycles. The van der Waals surface area contributed by atoms with Crippen LogP contribution in [0.3, 0.4) is 0 Å². The van der Waals surface area contributed by atoms with Crippen LogP contribution < -0.4 is 9.64 Å². The molecule has 0 unspecified atom stereocenters.